The smallest absolute Gasteiger partial charge is 0.119 e. The zero-order valence-electron chi connectivity index (χ0n) is 9.15. The summed E-state index contributed by atoms with van der Waals surface area (Å²) in [5.41, 5.74) is 0.979. The molecule has 1 aromatic rings. The number of hydrogen-bond donors (Lipinski definition) is 1. The standard InChI is InChI=1S/C13H18O2/c1-2-15-12-5-3-4-11(9-12)13(14)8-10-6-7-10/h3-5,9-10,13-14H,2,6-8H2,1H3. The molecule has 0 radical (unpaired) electrons. The van der Waals surface area contributed by atoms with Gasteiger partial charge >= 0.3 is 0 Å². The Morgan fingerprint density at radius 3 is 2.93 bits per heavy atom. The Labute approximate surface area is 90.9 Å². The van der Waals surface area contributed by atoms with Gasteiger partial charge < -0.3 is 9.84 Å². The quantitative estimate of drug-likeness (QED) is 0.802. The summed E-state index contributed by atoms with van der Waals surface area (Å²) >= 11 is 0. The van der Waals surface area contributed by atoms with Crippen molar-refractivity contribution in [1.29, 1.82) is 0 Å². The summed E-state index contributed by atoms with van der Waals surface area (Å²) in [6, 6.07) is 7.78. The first-order valence-corrected chi connectivity index (χ1v) is 5.70. The van der Waals surface area contributed by atoms with Crippen molar-refractivity contribution >= 4 is 0 Å². The van der Waals surface area contributed by atoms with Crippen molar-refractivity contribution in [2.45, 2.75) is 32.3 Å². The molecule has 0 saturated heterocycles. The third kappa shape index (κ3) is 2.96. The summed E-state index contributed by atoms with van der Waals surface area (Å²) < 4.78 is 5.41. The van der Waals surface area contributed by atoms with E-state index in [1.54, 1.807) is 0 Å². The van der Waals surface area contributed by atoms with Crippen molar-refractivity contribution < 1.29 is 9.84 Å². The summed E-state index contributed by atoms with van der Waals surface area (Å²) in [7, 11) is 0. The van der Waals surface area contributed by atoms with E-state index in [4.69, 9.17) is 4.74 Å². The van der Waals surface area contributed by atoms with E-state index in [0.717, 1.165) is 23.7 Å². The predicted octanol–water partition coefficient (Wildman–Crippen LogP) is 2.92. The first-order chi connectivity index (χ1) is 7.29. The van der Waals surface area contributed by atoms with E-state index < -0.39 is 0 Å². The van der Waals surface area contributed by atoms with Gasteiger partial charge in [-0.1, -0.05) is 25.0 Å². The maximum atomic E-state index is 9.97. The van der Waals surface area contributed by atoms with Gasteiger partial charge in [0.25, 0.3) is 0 Å². The molecule has 1 aliphatic rings. The van der Waals surface area contributed by atoms with Crippen molar-refractivity contribution in [2.24, 2.45) is 5.92 Å². The van der Waals surface area contributed by atoms with Crippen LogP contribution in [0.5, 0.6) is 5.75 Å². The molecule has 2 heteroatoms. The first-order valence-electron chi connectivity index (χ1n) is 5.70. The van der Waals surface area contributed by atoms with Gasteiger partial charge in [-0.2, -0.15) is 0 Å². The normalized spacial score (nSPS) is 17.5. The molecular weight excluding hydrogens is 188 g/mol. The summed E-state index contributed by atoms with van der Waals surface area (Å²) in [5, 5.41) is 9.97. The fourth-order valence-electron chi connectivity index (χ4n) is 1.78. The average molecular weight is 206 g/mol. The molecule has 1 aliphatic carbocycles. The van der Waals surface area contributed by atoms with Crippen LogP contribution in [0.15, 0.2) is 24.3 Å². The van der Waals surface area contributed by atoms with E-state index in [1.165, 1.54) is 12.8 Å². The molecule has 0 heterocycles. The monoisotopic (exact) mass is 206 g/mol. The largest absolute Gasteiger partial charge is 0.494 e. The van der Waals surface area contributed by atoms with Crippen LogP contribution in [0.1, 0.15) is 37.9 Å². The van der Waals surface area contributed by atoms with Crippen LogP contribution in [0, 0.1) is 5.92 Å². The summed E-state index contributed by atoms with van der Waals surface area (Å²) in [4.78, 5) is 0. The second-order valence-corrected chi connectivity index (χ2v) is 4.20. The fraction of sp³-hybridized carbons (Fsp3) is 0.538. The molecular formula is C13H18O2. The highest BCUT2D eigenvalue weighted by atomic mass is 16.5. The molecule has 0 aromatic heterocycles. The van der Waals surface area contributed by atoms with E-state index in [-0.39, 0.29) is 6.10 Å². The van der Waals surface area contributed by atoms with Gasteiger partial charge in [-0.3, -0.25) is 0 Å². The average Bonchev–Trinajstić information content (AvgIpc) is 3.03. The van der Waals surface area contributed by atoms with Gasteiger partial charge in [-0.05, 0) is 37.0 Å². The topological polar surface area (TPSA) is 29.5 Å². The van der Waals surface area contributed by atoms with Gasteiger partial charge in [0.05, 0.1) is 12.7 Å². The van der Waals surface area contributed by atoms with Crippen molar-refractivity contribution in [2.75, 3.05) is 6.61 Å². The Bertz CT molecular complexity index is 318. The maximum absolute atomic E-state index is 9.97. The number of aliphatic hydroxyl groups is 1. The van der Waals surface area contributed by atoms with Gasteiger partial charge in [0, 0.05) is 0 Å². The highest BCUT2D eigenvalue weighted by Crippen LogP contribution is 2.37. The molecule has 1 unspecified atom stereocenters. The molecule has 82 valence electrons. The van der Waals surface area contributed by atoms with Gasteiger partial charge in [0.2, 0.25) is 0 Å². The summed E-state index contributed by atoms with van der Waals surface area (Å²) in [6.07, 6.45) is 3.14. The van der Waals surface area contributed by atoms with Gasteiger partial charge in [0.15, 0.2) is 0 Å². The summed E-state index contributed by atoms with van der Waals surface area (Å²) in [6.45, 7) is 2.63. The number of benzene rings is 1. The third-order valence-electron chi connectivity index (χ3n) is 2.81. The lowest BCUT2D eigenvalue weighted by molar-refractivity contribution is 0.160. The highest BCUT2D eigenvalue weighted by Gasteiger charge is 2.25. The lowest BCUT2D eigenvalue weighted by Gasteiger charge is -2.11. The molecule has 2 nitrogen and oxygen atoms in total. The van der Waals surface area contributed by atoms with Crippen LogP contribution < -0.4 is 4.74 Å². The maximum Gasteiger partial charge on any atom is 0.119 e. The number of ether oxygens (including phenoxy) is 1. The van der Waals surface area contributed by atoms with E-state index in [1.807, 2.05) is 31.2 Å². The number of aliphatic hydroxyl groups excluding tert-OH is 1. The fourth-order valence-corrected chi connectivity index (χ4v) is 1.78. The van der Waals surface area contributed by atoms with Crippen LogP contribution in [0.3, 0.4) is 0 Å². The Kier molecular flexibility index (Phi) is 3.27. The van der Waals surface area contributed by atoms with E-state index >= 15 is 0 Å². The molecule has 1 aromatic carbocycles. The SMILES string of the molecule is CCOc1cccc(C(O)CC2CC2)c1. The van der Waals surface area contributed by atoms with Crippen molar-refractivity contribution in [3.63, 3.8) is 0 Å². The van der Waals surface area contributed by atoms with Gasteiger partial charge in [-0.25, -0.2) is 0 Å². The van der Waals surface area contributed by atoms with Crippen LogP contribution in [0.4, 0.5) is 0 Å². The van der Waals surface area contributed by atoms with Gasteiger partial charge in [0.1, 0.15) is 5.75 Å². The van der Waals surface area contributed by atoms with Crippen molar-refractivity contribution in [3.8, 4) is 5.75 Å². The zero-order valence-corrected chi connectivity index (χ0v) is 9.15. The molecule has 1 saturated carbocycles. The number of rotatable bonds is 5. The summed E-state index contributed by atoms with van der Waals surface area (Å²) in [5.74, 6) is 1.60. The van der Waals surface area contributed by atoms with Crippen LogP contribution in [0.2, 0.25) is 0 Å². The molecule has 15 heavy (non-hydrogen) atoms. The Morgan fingerprint density at radius 2 is 2.27 bits per heavy atom. The third-order valence-corrected chi connectivity index (χ3v) is 2.81. The van der Waals surface area contributed by atoms with E-state index in [9.17, 15) is 5.11 Å². The minimum atomic E-state index is -0.321. The minimum absolute atomic E-state index is 0.321. The Hall–Kier alpha value is -1.02. The number of hydrogen-bond acceptors (Lipinski definition) is 2. The Balaban J connectivity index is 2.01. The van der Waals surface area contributed by atoms with Crippen molar-refractivity contribution in [3.05, 3.63) is 29.8 Å². The molecule has 1 atom stereocenters. The first kappa shape index (κ1) is 10.5. The molecule has 1 fully saturated rings. The molecule has 0 spiro atoms. The van der Waals surface area contributed by atoms with Gasteiger partial charge in [-0.15, -0.1) is 0 Å². The van der Waals surface area contributed by atoms with Crippen LogP contribution >= 0.6 is 0 Å². The highest BCUT2D eigenvalue weighted by molar-refractivity contribution is 5.29. The molecule has 0 bridgehead atoms. The molecule has 0 aliphatic heterocycles. The lowest BCUT2D eigenvalue weighted by Crippen LogP contribution is -1.99. The Morgan fingerprint density at radius 1 is 1.47 bits per heavy atom. The zero-order chi connectivity index (χ0) is 10.7. The predicted molar refractivity (Wildman–Crippen MR) is 59.9 cm³/mol. The lowest BCUT2D eigenvalue weighted by atomic mass is 10.0. The van der Waals surface area contributed by atoms with Crippen LogP contribution in [-0.2, 0) is 0 Å². The molecule has 1 N–H and O–H groups in total. The van der Waals surface area contributed by atoms with Crippen LogP contribution in [-0.4, -0.2) is 11.7 Å². The molecule has 2 rings (SSSR count). The second-order valence-electron chi connectivity index (χ2n) is 4.20. The van der Waals surface area contributed by atoms with E-state index in [2.05, 4.69) is 0 Å². The van der Waals surface area contributed by atoms with Crippen LogP contribution in [0.25, 0.3) is 0 Å². The second kappa shape index (κ2) is 4.67. The molecule has 0 amide bonds. The van der Waals surface area contributed by atoms with E-state index in [0.29, 0.717) is 6.61 Å². The minimum Gasteiger partial charge on any atom is -0.494 e. The van der Waals surface area contributed by atoms with Crippen molar-refractivity contribution in [1.82, 2.24) is 0 Å².